The zero-order valence-electron chi connectivity index (χ0n) is 6.63. The monoisotopic (exact) mass is 218 g/mol. The van der Waals surface area contributed by atoms with Crippen molar-refractivity contribution in [3.05, 3.63) is 33.8 Å². The molecule has 0 aliphatic rings. The van der Waals surface area contributed by atoms with Crippen LogP contribution in [-0.4, -0.2) is 5.91 Å². The van der Waals surface area contributed by atoms with Crippen LogP contribution in [0, 0.1) is 0 Å². The predicted octanol–water partition coefficient (Wildman–Crippen LogP) is 1.48. The lowest BCUT2D eigenvalue weighted by atomic mass is 10.1. The second kappa shape index (κ2) is 3.96. The molecule has 0 fully saturated rings. The number of nitrogens with two attached hydrogens (primary N) is 2. The molecule has 0 radical (unpaired) electrons. The highest BCUT2D eigenvalue weighted by Crippen LogP contribution is 2.24. The van der Waals surface area contributed by atoms with Crippen molar-refractivity contribution < 1.29 is 4.79 Å². The van der Waals surface area contributed by atoms with Crippen LogP contribution in [0.3, 0.4) is 0 Å². The van der Waals surface area contributed by atoms with Crippen molar-refractivity contribution in [1.82, 2.24) is 0 Å². The van der Waals surface area contributed by atoms with Crippen molar-refractivity contribution >= 4 is 29.1 Å². The van der Waals surface area contributed by atoms with Gasteiger partial charge in [0.05, 0.1) is 0 Å². The first-order valence-electron chi connectivity index (χ1n) is 3.52. The number of hydrogen-bond donors (Lipinski definition) is 2. The highest BCUT2D eigenvalue weighted by molar-refractivity contribution is 6.35. The number of carbonyl (C=O) groups excluding carboxylic acids is 1. The number of benzene rings is 1. The summed E-state index contributed by atoms with van der Waals surface area (Å²) in [6.45, 7) is 0. The summed E-state index contributed by atoms with van der Waals surface area (Å²) < 4.78 is 0. The number of halogens is 2. The fraction of sp³-hybridized carbons (Fsp3) is 0.125. The first kappa shape index (κ1) is 10.3. The van der Waals surface area contributed by atoms with Crippen LogP contribution in [0.15, 0.2) is 18.2 Å². The van der Waals surface area contributed by atoms with E-state index in [1.165, 1.54) is 6.07 Å². The van der Waals surface area contributed by atoms with E-state index >= 15 is 0 Å². The van der Waals surface area contributed by atoms with E-state index < -0.39 is 11.9 Å². The Hall–Kier alpha value is -0.770. The van der Waals surface area contributed by atoms with Crippen LogP contribution >= 0.6 is 23.2 Å². The smallest absolute Gasteiger partial charge is 0.238 e. The lowest BCUT2D eigenvalue weighted by molar-refractivity contribution is -0.119. The molecule has 0 heterocycles. The Morgan fingerprint density at radius 1 is 1.38 bits per heavy atom. The molecule has 1 rings (SSSR count). The Bertz CT molecular complexity index is 341. The van der Waals surface area contributed by atoms with Crippen LogP contribution < -0.4 is 11.5 Å². The highest BCUT2D eigenvalue weighted by Gasteiger charge is 2.15. The van der Waals surface area contributed by atoms with Crippen molar-refractivity contribution in [1.29, 1.82) is 0 Å². The molecule has 0 saturated carbocycles. The highest BCUT2D eigenvalue weighted by atomic mass is 35.5. The molecule has 1 atom stereocenters. The van der Waals surface area contributed by atoms with Gasteiger partial charge in [0.2, 0.25) is 5.91 Å². The van der Waals surface area contributed by atoms with Gasteiger partial charge in [0.1, 0.15) is 6.04 Å². The molecule has 0 bridgehead atoms. The molecular weight excluding hydrogens is 211 g/mol. The third-order valence-corrected chi connectivity index (χ3v) is 2.17. The molecule has 3 nitrogen and oxygen atoms in total. The summed E-state index contributed by atoms with van der Waals surface area (Å²) in [5.41, 5.74) is 11.0. The molecule has 0 spiro atoms. The van der Waals surface area contributed by atoms with Gasteiger partial charge in [-0.1, -0.05) is 29.3 Å². The van der Waals surface area contributed by atoms with E-state index in [1.807, 2.05) is 0 Å². The standard InChI is InChI=1S/C8H8Cl2N2O/c9-4-1-2-5(6(10)3-4)7(11)8(12)13/h1-3,7H,11H2,(H2,12,13)/t7-/m1/s1. The molecule has 0 aromatic heterocycles. The molecule has 0 aliphatic heterocycles. The van der Waals surface area contributed by atoms with Gasteiger partial charge in [-0.3, -0.25) is 4.79 Å². The molecule has 0 aliphatic carbocycles. The van der Waals surface area contributed by atoms with Gasteiger partial charge in [-0.25, -0.2) is 0 Å². The summed E-state index contributed by atoms with van der Waals surface area (Å²) in [5, 5.41) is 0.837. The van der Waals surface area contributed by atoms with Crippen molar-refractivity contribution in [2.45, 2.75) is 6.04 Å². The summed E-state index contributed by atoms with van der Waals surface area (Å²) in [7, 11) is 0. The van der Waals surface area contributed by atoms with Gasteiger partial charge < -0.3 is 11.5 Å². The van der Waals surface area contributed by atoms with Gasteiger partial charge in [0.15, 0.2) is 0 Å². The number of carbonyl (C=O) groups is 1. The summed E-state index contributed by atoms with van der Waals surface area (Å²) >= 11 is 11.5. The van der Waals surface area contributed by atoms with Crippen LogP contribution in [0.2, 0.25) is 10.0 Å². The Balaban J connectivity index is 3.08. The second-order valence-electron chi connectivity index (χ2n) is 2.55. The normalized spacial score (nSPS) is 12.5. The van der Waals surface area contributed by atoms with Crippen molar-refractivity contribution in [3.8, 4) is 0 Å². The third kappa shape index (κ3) is 2.34. The Morgan fingerprint density at radius 3 is 2.46 bits per heavy atom. The molecule has 0 unspecified atom stereocenters. The Kier molecular flexibility index (Phi) is 3.14. The molecule has 1 amide bonds. The van der Waals surface area contributed by atoms with E-state index in [4.69, 9.17) is 34.7 Å². The van der Waals surface area contributed by atoms with E-state index in [1.54, 1.807) is 12.1 Å². The van der Waals surface area contributed by atoms with Gasteiger partial charge in [-0.15, -0.1) is 0 Å². The predicted molar refractivity (Wildman–Crippen MR) is 52.6 cm³/mol. The average molecular weight is 219 g/mol. The SMILES string of the molecule is NC(=O)[C@H](N)c1ccc(Cl)cc1Cl. The second-order valence-corrected chi connectivity index (χ2v) is 3.39. The minimum atomic E-state index is -0.884. The largest absolute Gasteiger partial charge is 0.368 e. The van der Waals surface area contributed by atoms with Gasteiger partial charge in [-0.05, 0) is 17.7 Å². The lowest BCUT2D eigenvalue weighted by Gasteiger charge is -2.09. The zero-order valence-corrected chi connectivity index (χ0v) is 8.14. The summed E-state index contributed by atoms with van der Waals surface area (Å²) in [4.78, 5) is 10.7. The third-order valence-electron chi connectivity index (χ3n) is 1.60. The Labute approximate surface area is 85.6 Å². The number of primary amides is 1. The molecule has 70 valence electrons. The van der Waals surface area contributed by atoms with Crippen LogP contribution in [0.25, 0.3) is 0 Å². The van der Waals surface area contributed by atoms with Gasteiger partial charge >= 0.3 is 0 Å². The van der Waals surface area contributed by atoms with Crippen molar-refractivity contribution in [2.24, 2.45) is 11.5 Å². The lowest BCUT2D eigenvalue weighted by Crippen LogP contribution is -2.28. The van der Waals surface area contributed by atoms with Crippen LogP contribution in [0.1, 0.15) is 11.6 Å². The van der Waals surface area contributed by atoms with Crippen molar-refractivity contribution in [3.63, 3.8) is 0 Å². The molecular formula is C8H8Cl2N2O. The van der Waals surface area contributed by atoms with E-state index in [0.717, 1.165) is 0 Å². The maximum absolute atomic E-state index is 10.7. The molecule has 1 aromatic carbocycles. The topological polar surface area (TPSA) is 69.1 Å². The minimum Gasteiger partial charge on any atom is -0.368 e. The van der Waals surface area contributed by atoms with Gasteiger partial charge in [0.25, 0.3) is 0 Å². The maximum Gasteiger partial charge on any atom is 0.238 e. The summed E-state index contributed by atoms with van der Waals surface area (Å²) in [6, 6.07) is 3.82. The summed E-state index contributed by atoms with van der Waals surface area (Å²) in [6.07, 6.45) is 0. The fourth-order valence-electron chi connectivity index (χ4n) is 0.907. The first-order valence-corrected chi connectivity index (χ1v) is 4.28. The molecule has 4 N–H and O–H groups in total. The number of rotatable bonds is 2. The number of amides is 1. The average Bonchev–Trinajstić information content (AvgIpc) is 2.03. The first-order chi connectivity index (χ1) is 6.02. The minimum absolute atomic E-state index is 0.346. The Morgan fingerprint density at radius 2 is 2.00 bits per heavy atom. The van der Waals surface area contributed by atoms with Gasteiger partial charge in [0, 0.05) is 10.0 Å². The molecule has 13 heavy (non-hydrogen) atoms. The van der Waals surface area contributed by atoms with Crippen LogP contribution in [0.4, 0.5) is 0 Å². The molecule has 1 aromatic rings. The summed E-state index contributed by atoms with van der Waals surface area (Å²) in [5.74, 6) is -0.621. The van der Waals surface area contributed by atoms with Gasteiger partial charge in [-0.2, -0.15) is 0 Å². The van der Waals surface area contributed by atoms with Crippen LogP contribution in [-0.2, 0) is 4.79 Å². The molecule has 0 saturated heterocycles. The number of hydrogen-bond acceptors (Lipinski definition) is 2. The van der Waals surface area contributed by atoms with Crippen molar-refractivity contribution in [2.75, 3.05) is 0 Å². The van der Waals surface area contributed by atoms with E-state index in [9.17, 15) is 4.79 Å². The van der Waals surface area contributed by atoms with Crippen LogP contribution in [0.5, 0.6) is 0 Å². The fourth-order valence-corrected chi connectivity index (χ4v) is 1.43. The quantitative estimate of drug-likeness (QED) is 0.790. The maximum atomic E-state index is 10.7. The van der Waals surface area contributed by atoms with E-state index in [0.29, 0.717) is 15.6 Å². The molecule has 5 heteroatoms. The zero-order chi connectivity index (χ0) is 10.0. The van der Waals surface area contributed by atoms with E-state index in [-0.39, 0.29) is 0 Å². The van der Waals surface area contributed by atoms with E-state index in [2.05, 4.69) is 0 Å².